The van der Waals surface area contributed by atoms with Gasteiger partial charge in [0.25, 0.3) is 11.7 Å². The molecule has 1 saturated carbocycles. The first-order chi connectivity index (χ1) is 12.1. The van der Waals surface area contributed by atoms with Gasteiger partial charge in [-0.3, -0.25) is 14.5 Å². The van der Waals surface area contributed by atoms with Gasteiger partial charge in [0.2, 0.25) is 0 Å². The van der Waals surface area contributed by atoms with Crippen molar-refractivity contribution in [3.63, 3.8) is 0 Å². The fourth-order valence-electron chi connectivity index (χ4n) is 4.58. The number of ketones is 1. The number of carbonyl (C=O) groups is 3. The van der Waals surface area contributed by atoms with E-state index in [0.717, 1.165) is 49.7 Å². The molecule has 0 aromatic heterocycles. The predicted octanol–water partition coefficient (Wildman–Crippen LogP) is 2.63. The zero-order valence-electron chi connectivity index (χ0n) is 14.3. The molecule has 1 aromatic carbocycles. The predicted molar refractivity (Wildman–Crippen MR) is 91.4 cm³/mol. The average molecular weight is 339 g/mol. The van der Waals surface area contributed by atoms with Crippen LogP contribution in [0.2, 0.25) is 0 Å². The molecule has 0 unspecified atom stereocenters. The van der Waals surface area contributed by atoms with Crippen LogP contribution in [-0.4, -0.2) is 34.7 Å². The highest BCUT2D eigenvalue weighted by Crippen LogP contribution is 2.49. The third-order valence-electron chi connectivity index (χ3n) is 5.61. The van der Waals surface area contributed by atoms with Gasteiger partial charge in [0.05, 0.1) is 17.8 Å². The number of amides is 1. The van der Waals surface area contributed by atoms with Gasteiger partial charge in [-0.2, -0.15) is 0 Å². The van der Waals surface area contributed by atoms with Crippen molar-refractivity contribution in [3.05, 3.63) is 41.0 Å². The number of Topliss-reactive ketones (excluding diaryl/α,β-unsaturated/α-hetero) is 1. The molecule has 0 saturated heterocycles. The van der Waals surface area contributed by atoms with Crippen LogP contribution in [0.5, 0.6) is 0 Å². The van der Waals surface area contributed by atoms with E-state index in [4.69, 9.17) is 4.74 Å². The largest absolute Gasteiger partial charge is 0.462 e. The van der Waals surface area contributed by atoms with Crippen LogP contribution in [0.15, 0.2) is 29.8 Å². The van der Waals surface area contributed by atoms with Gasteiger partial charge in [-0.1, -0.05) is 43.5 Å². The summed E-state index contributed by atoms with van der Waals surface area (Å²) in [5.74, 6) is -1.99. The average Bonchev–Trinajstić information content (AvgIpc) is 2.89. The zero-order valence-corrected chi connectivity index (χ0v) is 14.3. The quantitative estimate of drug-likeness (QED) is 0.472. The van der Waals surface area contributed by atoms with Crippen molar-refractivity contribution in [2.24, 2.45) is 0 Å². The molecule has 1 aliphatic carbocycles. The van der Waals surface area contributed by atoms with Crippen LogP contribution < -0.4 is 0 Å². The summed E-state index contributed by atoms with van der Waals surface area (Å²) < 4.78 is 5.09. The van der Waals surface area contributed by atoms with E-state index < -0.39 is 17.7 Å². The lowest BCUT2D eigenvalue weighted by Crippen LogP contribution is -2.54. The van der Waals surface area contributed by atoms with Crippen molar-refractivity contribution in [1.29, 1.82) is 0 Å². The number of hydrogen-bond acceptors (Lipinski definition) is 4. The minimum Gasteiger partial charge on any atom is -0.462 e. The van der Waals surface area contributed by atoms with Crippen LogP contribution in [0.3, 0.4) is 0 Å². The number of rotatable bonds is 2. The summed E-state index contributed by atoms with van der Waals surface area (Å²) in [4.78, 5) is 39.6. The number of nitrogens with zero attached hydrogens (tertiary/aromatic N) is 1. The smallest absolute Gasteiger partial charge is 0.344 e. The van der Waals surface area contributed by atoms with Gasteiger partial charge in [0.15, 0.2) is 0 Å². The van der Waals surface area contributed by atoms with Gasteiger partial charge < -0.3 is 4.74 Å². The van der Waals surface area contributed by atoms with Crippen LogP contribution in [0.4, 0.5) is 0 Å². The van der Waals surface area contributed by atoms with E-state index in [1.54, 1.807) is 11.8 Å². The first kappa shape index (κ1) is 16.1. The fourth-order valence-corrected chi connectivity index (χ4v) is 4.58. The maximum absolute atomic E-state index is 12.9. The van der Waals surface area contributed by atoms with Gasteiger partial charge in [0, 0.05) is 5.56 Å². The van der Waals surface area contributed by atoms with Crippen LogP contribution in [0.25, 0.3) is 5.70 Å². The number of benzene rings is 1. The molecule has 2 heterocycles. The normalized spacial score (nSPS) is 21.4. The molecule has 1 fully saturated rings. The summed E-state index contributed by atoms with van der Waals surface area (Å²) in [6, 6.07) is 7.76. The molecular formula is C20H21NO4. The third kappa shape index (κ3) is 2.25. The van der Waals surface area contributed by atoms with Crippen molar-refractivity contribution < 1.29 is 19.1 Å². The SMILES string of the molecule is CCOC(=O)C1=C2c3ccccc3CC3(CCCCC3)N2C(=O)C1=O. The molecule has 0 N–H and O–H groups in total. The molecule has 25 heavy (non-hydrogen) atoms. The Hall–Kier alpha value is -2.43. The van der Waals surface area contributed by atoms with Gasteiger partial charge in [-0.25, -0.2) is 4.79 Å². The van der Waals surface area contributed by atoms with E-state index in [1.165, 1.54) is 0 Å². The van der Waals surface area contributed by atoms with Crippen molar-refractivity contribution in [2.45, 2.75) is 51.0 Å². The van der Waals surface area contributed by atoms with E-state index in [0.29, 0.717) is 5.70 Å². The Bertz CT molecular complexity index is 802. The molecule has 1 aromatic rings. The maximum atomic E-state index is 12.9. The van der Waals surface area contributed by atoms with E-state index in [2.05, 4.69) is 0 Å². The Kier molecular flexibility index (Phi) is 3.74. The molecule has 2 aliphatic heterocycles. The molecule has 3 aliphatic rings. The van der Waals surface area contributed by atoms with Gasteiger partial charge in [0.1, 0.15) is 5.57 Å². The lowest BCUT2D eigenvalue weighted by molar-refractivity contribution is -0.146. The van der Waals surface area contributed by atoms with Gasteiger partial charge in [-0.05, 0) is 31.7 Å². The second kappa shape index (κ2) is 5.83. The lowest BCUT2D eigenvalue weighted by Gasteiger charge is -2.49. The molecule has 0 bridgehead atoms. The highest BCUT2D eigenvalue weighted by atomic mass is 16.5. The summed E-state index contributed by atoms with van der Waals surface area (Å²) in [7, 11) is 0. The first-order valence-corrected chi connectivity index (χ1v) is 8.97. The van der Waals surface area contributed by atoms with Gasteiger partial charge in [-0.15, -0.1) is 0 Å². The van der Waals surface area contributed by atoms with Crippen LogP contribution in [-0.2, 0) is 25.5 Å². The van der Waals surface area contributed by atoms with Crippen LogP contribution >= 0.6 is 0 Å². The van der Waals surface area contributed by atoms with Crippen LogP contribution in [0.1, 0.15) is 50.2 Å². The Morgan fingerprint density at radius 3 is 2.60 bits per heavy atom. The second-order valence-corrected chi connectivity index (χ2v) is 7.03. The van der Waals surface area contributed by atoms with Crippen molar-refractivity contribution in [3.8, 4) is 0 Å². The third-order valence-corrected chi connectivity index (χ3v) is 5.61. The molecule has 0 atom stereocenters. The Morgan fingerprint density at radius 1 is 1.16 bits per heavy atom. The maximum Gasteiger partial charge on any atom is 0.344 e. The molecule has 130 valence electrons. The van der Waals surface area contributed by atoms with Crippen molar-refractivity contribution >= 4 is 23.4 Å². The minimum atomic E-state index is -0.727. The van der Waals surface area contributed by atoms with Crippen molar-refractivity contribution in [1.82, 2.24) is 4.90 Å². The molecule has 0 radical (unpaired) electrons. The number of carbonyl (C=O) groups excluding carboxylic acids is 3. The molecule has 1 amide bonds. The molecule has 5 heteroatoms. The first-order valence-electron chi connectivity index (χ1n) is 8.97. The highest BCUT2D eigenvalue weighted by molar-refractivity contribution is 6.54. The van der Waals surface area contributed by atoms with Crippen LogP contribution in [0, 0.1) is 0 Å². The highest BCUT2D eigenvalue weighted by Gasteiger charge is 2.54. The monoisotopic (exact) mass is 339 g/mol. The summed E-state index contributed by atoms with van der Waals surface area (Å²) in [5, 5.41) is 0. The second-order valence-electron chi connectivity index (χ2n) is 7.03. The summed E-state index contributed by atoms with van der Waals surface area (Å²) >= 11 is 0. The standard InChI is InChI=1S/C20H21NO4/c1-2-25-19(24)15-16-14-9-5-4-8-13(14)12-20(10-6-3-7-11-20)21(16)18(23)17(15)22/h4-5,8-9H,2-3,6-7,10-12H2,1H3. The minimum absolute atomic E-state index is 0.0936. The molecule has 1 spiro atoms. The Balaban J connectivity index is 1.96. The number of esters is 1. The topological polar surface area (TPSA) is 63.7 Å². The Morgan fingerprint density at radius 2 is 1.88 bits per heavy atom. The fraction of sp³-hybridized carbons (Fsp3) is 0.450. The Labute approximate surface area is 146 Å². The van der Waals surface area contributed by atoms with E-state index in [9.17, 15) is 14.4 Å². The number of ether oxygens (including phenoxy) is 1. The summed E-state index contributed by atoms with van der Waals surface area (Å²) in [6.45, 7) is 1.86. The molecule has 4 rings (SSSR count). The summed E-state index contributed by atoms with van der Waals surface area (Å²) in [6.07, 6.45) is 5.66. The van der Waals surface area contributed by atoms with Crippen molar-refractivity contribution in [2.75, 3.05) is 6.61 Å². The van der Waals surface area contributed by atoms with Gasteiger partial charge >= 0.3 is 5.97 Å². The van der Waals surface area contributed by atoms with E-state index in [-0.39, 0.29) is 17.7 Å². The number of fused-ring (bicyclic) bond motifs is 4. The summed E-state index contributed by atoms with van der Waals surface area (Å²) in [5.41, 5.74) is 1.89. The lowest BCUT2D eigenvalue weighted by atomic mass is 9.72. The zero-order chi connectivity index (χ0) is 17.6. The van der Waals surface area contributed by atoms with E-state index >= 15 is 0 Å². The molecular weight excluding hydrogens is 318 g/mol. The van der Waals surface area contributed by atoms with E-state index in [1.807, 2.05) is 24.3 Å². The molecule has 5 nitrogen and oxygen atoms in total. The number of hydrogen-bond donors (Lipinski definition) is 0.